The quantitative estimate of drug-likeness (QED) is 0.807. The normalized spacial score (nSPS) is 17.5. The van der Waals surface area contributed by atoms with E-state index in [4.69, 9.17) is 9.84 Å². The molecule has 0 fully saturated rings. The SMILES string of the molecule is CC1N(CCCOc2ccc(O)cc2)c2ccccc2C1(C)C.CO. The number of aromatic hydroxyl groups is 1. The molecular weight excluding hydrogens is 314 g/mol. The number of phenols is 1. The number of fused-ring (bicyclic) bond motifs is 1. The standard InChI is InChI=1S/C20H25NO2.CH4O/c1-15-20(2,3)18-7-4-5-8-19(18)21(15)13-6-14-23-17-11-9-16(22)10-12-17;1-2/h4-5,7-12,15,22H,6,13-14H2,1-3H3;2H,1H3. The van der Waals surface area contributed by atoms with E-state index in [1.807, 2.05) is 0 Å². The summed E-state index contributed by atoms with van der Waals surface area (Å²) in [5, 5.41) is 16.3. The van der Waals surface area contributed by atoms with Gasteiger partial charge in [-0.2, -0.15) is 0 Å². The highest BCUT2D eigenvalue weighted by atomic mass is 16.5. The van der Waals surface area contributed by atoms with Crippen molar-refractivity contribution in [2.45, 2.75) is 38.6 Å². The van der Waals surface area contributed by atoms with E-state index < -0.39 is 0 Å². The van der Waals surface area contributed by atoms with Crippen LogP contribution >= 0.6 is 0 Å². The second-order valence-corrected chi connectivity index (χ2v) is 6.80. The van der Waals surface area contributed by atoms with Crippen LogP contribution in [0.1, 0.15) is 32.8 Å². The van der Waals surface area contributed by atoms with Crippen LogP contribution < -0.4 is 9.64 Å². The molecule has 0 aromatic heterocycles. The largest absolute Gasteiger partial charge is 0.508 e. The van der Waals surface area contributed by atoms with E-state index in [-0.39, 0.29) is 11.2 Å². The van der Waals surface area contributed by atoms with Gasteiger partial charge in [0.1, 0.15) is 11.5 Å². The number of rotatable bonds is 5. The highest BCUT2D eigenvalue weighted by Crippen LogP contribution is 2.44. The summed E-state index contributed by atoms with van der Waals surface area (Å²) in [7, 11) is 1.00. The van der Waals surface area contributed by atoms with E-state index >= 15 is 0 Å². The lowest BCUT2D eigenvalue weighted by Gasteiger charge is -2.31. The van der Waals surface area contributed by atoms with Gasteiger partial charge in [-0.1, -0.05) is 32.0 Å². The van der Waals surface area contributed by atoms with Crippen molar-refractivity contribution in [2.75, 3.05) is 25.2 Å². The van der Waals surface area contributed by atoms with E-state index in [0.717, 1.165) is 25.8 Å². The fourth-order valence-electron chi connectivity index (χ4n) is 3.37. The molecule has 1 unspecified atom stereocenters. The summed E-state index contributed by atoms with van der Waals surface area (Å²) in [5.41, 5.74) is 2.97. The lowest BCUT2D eigenvalue weighted by molar-refractivity contribution is 0.308. The molecule has 4 nitrogen and oxygen atoms in total. The zero-order valence-electron chi connectivity index (χ0n) is 15.6. The van der Waals surface area contributed by atoms with Crippen molar-refractivity contribution in [2.24, 2.45) is 0 Å². The van der Waals surface area contributed by atoms with Gasteiger partial charge in [0.25, 0.3) is 0 Å². The molecule has 1 aliphatic heterocycles. The molecule has 0 saturated heterocycles. The van der Waals surface area contributed by atoms with E-state index in [0.29, 0.717) is 12.6 Å². The Morgan fingerprint density at radius 1 is 1.04 bits per heavy atom. The molecule has 1 heterocycles. The molecule has 25 heavy (non-hydrogen) atoms. The van der Waals surface area contributed by atoms with Gasteiger partial charge in [-0.25, -0.2) is 0 Å². The van der Waals surface area contributed by atoms with Gasteiger partial charge in [-0.3, -0.25) is 0 Å². The van der Waals surface area contributed by atoms with Gasteiger partial charge in [0, 0.05) is 30.8 Å². The Morgan fingerprint density at radius 3 is 2.36 bits per heavy atom. The Morgan fingerprint density at radius 2 is 1.68 bits per heavy atom. The van der Waals surface area contributed by atoms with Gasteiger partial charge < -0.3 is 19.8 Å². The third kappa shape index (κ3) is 4.07. The highest BCUT2D eigenvalue weighted by Gasteiger charge is 2.41. The second kappa shape index (κ2) is 8.26. The molecule has 0 spiro atoms. The number of hydrogen-bond acceptors (Lipinski definition) is 4. The molecule has 0 amide bonds. The number of hydrogen-bond donors (Lipinski definition) is 2. The van der Waals surface area contributed by atoms with Crippen LogP contribution in [0.2, 0.25) is 0 Å². The number of phenolic OH excluding ortho intramolecular Hbond substituents is 1. The van der Waals surface area contributed by atoms with Crippen LogP contribution in [0.5, 0.6) is 11.5 Å². The molecule has 0 saturated carbocycles. The first kappa shape index (κ1) is 19.1. The number of para-hydroxylation sites is 1. The summed E-state index contributed by atoms with van der Waals surface area (Å²) in [6.07, 6.45) is 0.968. The Balaban J connectivity index is 0.00000109. The fraction of sp³-hybridized carbons (Fsp3) is 0.429. The van der Waals surface area contributed by atoms with Gasteiger partial charge in [0.15, 0.2) is 0 Å². The predicted octanol–water partition coefficient (Wildman–Crippen LogP) is 3.96. The third-order valence-corrected chi connectivity index (χ3v) is 5.07. The first-order valence-corrected chi connectivity index (χ1v) is 8.73. The predicted molar refractivity (Wildman–Crippen MR) is 103 cm³/mol. The van der Waals surface area contributed by atoms with Crippen molar-refractivity contribution in [3.8, 4) is 11.5 Å². The Bertz CT molecular complexity index is 667. The van der Waals surface area contributed by atoms with Crippen molar-refractivity contribution in [3.05, 3.63) is 54.1 Å². The maximum Gasteiger partial charge on any atom is 0.119 e. The molecule has 2 aromatic rings. The Hall–Kier alpha value is -2.20. The minimum atomic E-state index is 0.175. The van der Waals surface area contributed by atoms with Crippen LogP contribution in [-0.4, -0.2) is 36.5 Å². The molecule has 3 rings (SSSR count). The summed E-state index contributed by atoms with van der Waals surface area (Å²) >= 11 is 0. The number of nitrogens with zero attached hydrogens (tertiary/aromatic N) is 1. The molecular formula is C21H29NO3. The van der Waals surface area contributed by atoms with E-state index in [1.54, 1.807) is 24.3 Å². The molecule has 4 heteroatoms. The number of benzene rings is 2. The molecule has 1 atom stereocenters. The van der Waals surface area contributed by atoms with Crippen molar-refractivity contribution >= 4 is 5.69 Å². The maximum absolute atomic E-state index is 9.28. The third-order valence-electron chi connectivity index (χ3n) is 5.07. The van der Waals surface area contributed by atoms with Crippen LogP contribution in [0.15, 0.2) is 48.5 Å². The summed E-state index contributed by atoms with van der Waals surface area (Å²) in [4.78, 5) is 2.50. The lowest BCUT2D eigenvalue weighted by Crippen LogP contribution is -2.39. The summed E-state index contributed by atoms with van der Waals surface area (Å²) in [6.45, 7) is 8.62. The monoisotopic (exact) mass is 343 g/mol. The minimum absolute atomic E-state index is 0.175. The Labute approximate surface area is 150 Å². The summed E-state index contributed by atoms with van der Waals surface area (Å²) < 4.78 is 5.76. The first-order valence-electron chi connectivity index (χ1n) is 8.73. The van der Waals surface area contributed by atoms with Gasteiger partial charge in [0.05, 0.1) is 6.61 Å². The molecule has 0 bridgehead atoms. The minimum Gasteiger partial charge on any atom is -0.508 e. The molecule has 136 valence electrons. The van der Waals surface area contributed by atoms with Crippen LogP contribution in [0.3, 0.4) is 0 Å². The molecule has 1 aliphatic rings. The zero-order valence-corrected chi connectivity index (χ0v) is 15.6. The van der Waals surface area contributed by atoms with E-state index in [2.05, 4.69) is 49.9 Å². The van der Waals surface area contributed by atoms with Crippen LogP contribution in [0.4, 0.5) is 5.69 Å². The van der Waals surface area contributed by atoms with Gasteiger partial charge >= 0.3 is 0 Å². The zero-order chi connectivity index (χ0) is 18.4. The highest BCUT2D eigenvalue weighted by molar-refractivity contribution is 5.63. The van der Waals surface area contributed by atoms with E-state index in [1.165, 1.54) is 11.3 Å². The molecule has 0 aliphatic carbocycles. The lowest BCUT2D eigenvalue weighted by atomic mass is 9.81. The van der Waals surface area contributed by atoms with Crippen LogP contribution in [0, 0.1) is 0 Å². The van der Waals surface area contributed by atoms with Crippen LogP contribution in [0.25, 0.3) is 0 Å². The van der Waals surface area contributed by atoms with Gasteiger partial charge in [-0.05, 0) is 49.2 Å². The van der Waals surface area contributed by atoms with E-state index in [9.17, 15) is 5.11 Å². The van der Waals surface area contributed by atoms with Gasteiger partial charge in [-0.15, -0.1) is 0 Å². The van der Waals surface area contributed by atoms with Crippen molar-refractivity contribution in [1.29, 1.82) is 0 Å². The smallest absolute Gasteiger partial charge is 0.119 e. The van der Waals surface area contributed by atoms with Crippen molar-refractivity contribution in [1.82, 2.24) is 0 Å². The molecule has 0 radical (unpaired) electrons. The molecule has 2 aromatic carbocycles. The summed E-state index contributed by atoms with van der Waals surface area (Å²) in [6, 6.07) is 16.1. The number of anilines is 1. The maximum atomic E-state index is 9.28. The fourth-order valence-corrected chi connectivity index (χ4v) is 3.37. The Kier molecular flexibility index (Phi) is 6.32. The first-order chi connectivity index (χ1) is 12.0. The van der Waals surface area contributed by atoms with Gasteiger partial charge in [0.2, 0.25) is 0 Å². The van der Waals surface area contributed by atoms with Crippen molar-refractivity contribution < 1.29 is 14.9 Å². The van der Waals surface area contributed by atoms with Crippen LogP contribution in [-0.2, 0) is 5.41 Å². The average Bonchev–Trinajstić information content (AvgIpc) is 2.83. The second-order valence-electron chi connectivity index (χ2n) is 6.80. The summed E-state index contributed by atoms with van der Waals surface area (Å²) in [5.74, 6) is 1.07. The number of aliphatic hydroxyl groups excluding tert-OH is 1. The average molecular weight is 343 g/mol. The van der Waals surface area contributed by atoms with Crippen molar-refractivity contribution in [3.63, 3.8) is 0 Å². The molecule has 2 N–H and O–H groups in total. The number of aliphatic hydroxyl groups is 1. The number of ether oxygens (including phenoxy) is 1. The topological polar surface area (TPSA) is 52.9 Å².